The molecule has 2 atom stereocenters. The number of amidine groups is 1. The molecule has 2 heterocycles. The molecule has 2 aliphatic heterocycles. The third-order valence-corrected chi connectivity index (χ3v) is 11.9. The van der Waals surface area contributed by atoms with Crippen LogP contribution >= 0.6 is 35.6 Å². The van der Waals surface area contributed by atoms with Crippen LogP contribution in [0, 0.1) is 11.3 Å². The van der Waals surface area contributed by atoms with Crippen LogP contribution in [0.5, 0.6) is 5.75 Å². The lowest BCUT2D eigenvalue weighted by Gasteiger charge is -2.39. The second-order valence-electron chi connectivity index (χ2n) is 12.2. The molecule has 0 aliphatic carbocycles. The molecule has 3 aromatic rings. The molecule has 3 aromatic carbocycles. The summed E-state index contributed by atoms with van der Waals surface area (Å²) in [6, 6.07) is 17.2. The van der Waals surface area contributed by atoms with E-state index >= 15 is 0 Å². The number of nitriles is 1. The van der Waals surface area contributed by atoms with E-state index in [1.54, 1.807) is 41.0 Å². The predicted molar refractivity (Wildman–Crippen MR) is 200 cm³/mol. The first-order valence-corrected chi connectivity index (χ1v) is 20.1. The van der Waals surface area contributed by atoms with Crippen LogP contribution in [0.4, 0.5) is 4.79 Å². The Morgan fingerprint density at radius 2 is 1.53 bits per heavy atom. The normalized spacial score (nSPS) is 18.3. The number of aliphatic imine (C=N–C) groups is 1. The van der Waals surface area contributed by atoms with Crippen molar-refractivity contribution < 1.29 is 26.4 Å². The molecule has 0 radical (unpaired) electrons. The van der Waals surface area contributed by atoms with Crippen LogP contribution in [-0.2, 0) is 19.9 Å². The molecule has 1 saturated heterocycles. The zero-order valence-corrected chi connectivity index (χ0v) is 32.5. The third-order valence-electron chi connectivity index (χ3n) is 8.62. The summed E-state index contributed by atoms with van der Waals surface area (Å²) in [5.74, 6) is 0.371. The number of amides is 2. The first kappa shape index (κ1) is 40.4. The Hall–Kier alpha value is -3.42. The van der Waals surface area contributed by atoms with Crippen LogP contribution in [0.1, 0.15) is 41.3 Å². The van der Waals surface area contributed by atoms with Gasteiger partial charge in [-0.25, -0.2) is 25.9 Å². The molecule has 0 saturated carbocycles. The largest absolute Gasteiger partial charge is 0.493 e. The Bertz CT molecular complexity index is 2030. The van der Waals surface area contributed by atoms with E-state index in [0.717, 1.165) is 15.4 Å². The highest BCUT2D eigenvalue weighted by molar-refractivity contribution is 7.90. The quantitative estimate of drug-likeness (QED) is 0.270. The lowest BCUT2D eigenvalue weighted by Crippen LogP contribution is -2.54. The van der Waals surface area contributed by atoms with E-state index in [1.807, 2.05) is 35.2 Å². The van der Waals surface area contributed by atoms with Crippen molar-refractivity contribution in [3.8, 4) is 11.8 Å². The van der Waals surface area contributed by atoms with Gasteiger partial charge >= 0.3 is 6.03 Å². The summed E-state index contributed by atoms with van der Waals surface area (Å²) >= 11 is 12.6. The van der Waals surface area contributed by atoms with Crippen molar-refractivity contribution in [1.82, 2.24) is 19.0 Å². The SMILES string of the molecule is CCOc1cc(C#N)c(S(=O)(=O)N(C)C)cc1C1=N[C@@H](c2ccc(Cl)cc2)[C@@H](c2ccc(Cl)cc2)N1C(=O)N1CCN(CCS(C)(=O)=O)CC1.Cl. The van der Waals surface area contributed by atoms with E-state index in [-0.39, 0.29) is 58.4 Å². The van der Waals surface area contributed by atoms with Gasteiger partial charge in [0, 0.05) is 69.2 Å². The maximum Gasteiger partial charge on any atom is 0.326 e. The van der Waals surface area contributed by atoms with Crippen molar-refractivity contribution >= 4 is 67.3 Å². The number of sulfone groups is 1. The minimum absolute atomic E-state index is 0. The summed E-state index contributed by atoms with van der Waals surface area (Å²) in [4.78, 5) is 25.0. The topological polar surface area (TPSA) is 144 Å². The van der Waals surface area contributed by atoms with E-state index < -0.39 is 31.9 Å². The van der Waals surface area contributed by atoms with Crippen LogP contribution < -0.4 is 4.74 Å². The van der Waals surface area contributed by atoms with Crippen molar-refractivity contribution in [2.75, 3.05) is 65.4 Å². The molecule has 2 aliphatic rings. The number of rotatable bonds is 10. The molecule has 51 heavy (non-hydrogen) atoms. The number of hydrogen-bond donors (Lipinski definition) is 0. The molecule has 1 fully saturated rings. The summed E-state index contributed by atoms with van der Waals surface area (Å²) in [5, 5.41) is 11.0. The fraction of sp³-hybridized carbons (Fsp3) is 0.382. The zero-order valence-electron chi connectivity index (χ0n) is 28.5. The Morgan fingerprint density at radius 3 is 2.04 bits per heavy atom. The molecule has 12 nitrogen and oxygen atoms in total. The number of sulfonamides is 1. The standard InChI is InChI=1S/C34H38Cl2N6O6S2.ClH/c1-5-48-29-20-25(22-37)30(50(46,47)39(2)3)21-28(29)33-38-31(23-6-10-26(35)11-7-23)32(24-8-12-27(36)13-9-24)42(33)34(43)41-16-14-40(15-17-41)18-19-49(4,44)45;/h6-13,20-21,31-32H,5,14-19H2,1-4H3;1H/t31-,32+;/m0./s1. The van der Waals surface area contributed by atoms with Gasteiger partial charge in [0.25, 0.3) is 0 Å². The second kappa shape index (κ2) is 16.5. The second-order valence-corrected chi connectivity index (χ2v) is 17.5. The first-order chi connectivity index (χ1) is 23.6. The Balaban J connectivity index is 0.00000583. The summed E-state index contributed by atoms with van der Waals surface area (Å²) in [5.41, 5.74) is 1.58. The van der Waals surface area contributed by atoms with Crippen molar-refractivity contribution in [2.24, 2.45) is 4.99 Å². The Labute approximate surface area is 315 Å². The first-order valence-electron chi connectivity index (χ1n) is 15.9. The number of carbonyl (C=O) groups excluding carboxylic acids is 1. The molecule has 0 N–H and O–H groups in total. The minimum atomic E-state index is -4.12. The smallest absolute Gasteiger partial charge is 0.326 e. The van der Waals surface area contributed by atoms with Crippen molar-refractivity contribution in [3.05, 3.63) is 93.0 Å². The molecule has 274 valence electrons. The maximum absolute atomic E-state index is 14.9. The molecule has 17 heteroatoms. The average Bonchev–Trinajstić information content (AvgIpc) is 3.47. The van der Waals surface area contributed by atoms with E-state index in [9.17, 15) is 26.9 Å². The lowest BCUT2D eigenvalue weighted by atomic mass is 9.93. The molecule has 0 spiro atoms. The van der Waals surface area contributed by atoms with Gasteiger partial charge in [-0.2, -0.15) is 5.26 Å². The van der Waals surface area contributed by atoms with Gasteiger partial charge in [-0.05, 0) is 48.4 Å². The average molecular weight is 798 g/mol. The van der Waals surface area contributed by atoms with Gasteiger partial charge in [-0.15, -0.1) is 12.4 Å². The predicted octanol–water partition coefficient (Wildman–Crippen LogP) is 5.26. The van der Waals surface area contributed by atoms with E-state index in [1.165, 1.54) is 32.5 Å². The number of benzene rings is 3. The van der Waals surface area contributed by atoms with E-state index in [0.29, 0.717) is 42.8 Å². The van der Waals surface area contributed by atoms with Crippen LogP contribution in [0.3, 0.4) is 0 Å². The lowest BCUT2D eigenvalue weighted by molar-refractivity contribution is 0.122. The number of urea groups is 1. The molecular weight excluding hydrogens is 759 g/mol. The van der Waals surface area contributed by atoms with Crippen LogP contribution in [-0.4, -0.2) is 113 Å². The molecular formula is C34H39Cl3N6O6S2. The summed E-state index contributed by atoms with van der Waals surface area (Å²) < 4.78 is 57.7. The molecule has 2 amide bonds. The number of piperazine rings is 1. The zero-order chi connectivity index (χ0) is 36.4. The van der Waals surface area contributed by atoms with Crippen molar-refractivity contribution in [3.63, 3.8) is 0 Å². The highest BCUT2D eigenvalue weighted by Crippen LogP contribution is 2.46. The summed E-state index contributed by atoms with van der Waals surface area (Å²) in [6.45, 7) is 3.86. The highest BCUT2D eigenvalue weighted by Gasteiger charge is 2.45. The van der Waals surface area contributed by atoms with Gasteiger partial charge < -0.3 is 9.64 Å². The molecule has 0 bridgehead atoms. The van der Waals surface area contributed by atoms with Gasteiger partial charge in [0.2, 0.25) is 10.0 Å². The fourth-order valence-electron chi connectivity index (χ4n) is 5.97. The van der Waals surface area contributed by atoms with E-state index in [4.69, 9.17) is 32.9 Å². The number of ether oxygens (including phenoxy) is 1. The summed E-state index contributed by atoms with van der Waals surface area (Å²) in [7, 11) is -4.53. The Kier molecular flexibility index (Phi) is 13.1. The van der Waals surface area contributed by atoms with Gasteiger partial charge in [0.1, 0.15) is 38.4 Å². The Morgan fingerprint density at radius 1 is 0.961 bits per heavy atom. The molecule has 0 unspecified atom stereocenters. The van der Waals surface area contributed by atoms with Crippen molar-refractivity contribution in [1.29, 1.82) is 5.26 Å². The number of carbonyl (C=O) groups is 1. The monoisotopic (exact) mass is 796 g/mol. The van der Waals surface area contributed by atoms with E-state index in [2.05, 4.69) is 0 Å². The fourth-order valence-corrected chi connectivity index (χ4v) is 7.86. The van der Waals surface area contributed by atoms with Gasteiger partial charge in [0.05, 0.1) is 29.5 Å². The van der Waals surface area contributed by atoms with Gasteiger partial charge in [-0.1, -0.05) is 47.5 Å². The maximum atomic E-state index is 14.9. The summed E-state index contributed by atoms with van der Waals surface area (Å²) in [6.07, 6.45) is 1.20. The van der Waals surface area contributed by atoms with Gasteiger partial charge in [-0.3, -0.25) is 14.8 Å². The van der Waals surface area contributed by atoms with Crippen LogP contribution in [0.2, 0.25) is 10.0 Å². The molecule has 0 aromatic heterocycles. The van der Waals surface area contributed by atoms with Crippen LogP contribution in [0.25, 0.3) is 0 Å². The number of halogens is 3. The number of nitrogens with zero attached hydrogens (tertiary/aromatic N) is 6. The van der Waals surface area contributed by atoms with Gasteiger partial charge in [0.15, 0.2) is 0 Å². The third kappa shape index (κ3) is 8.97. The highest BCUT2D eigenvalue weighted by atomic mass is 35.5. The molecule has 5 rings (SSSR count). The number of hydrogen-bond acceptors (Lipinski definition) is 9. The van der Waals surface area contributed by atoms with Crippen molar-refractivity contribution in [2.45, 2.75) is 23.9 Å². The minimum Gasteiger partial charge on any atom is -0.493 e. The van der Waals surface area contributed by atoms with Crippen LogP contribution in [0.15, 0.2) is 70.6 Å².